The lowest BCUT2D eigenvalue weighted by molar-refractivity contribution is 0.0492. The molecule has 2 saturated heterocycles. The predicted octanol–water partition coefficient (Wildman–Crippen LogP) is 2.50. The molecule has 0 saturated carbocycles. The number of anilines is 1. The molecule has 1 amide bonds. The zero-order valence-electron chi connectivity index (χ0n) is 13.5. The van der Waals surface area contributed by atoms with E-state index in [1.54, 1.807) is 12.4 Å². The van der Waals surface area contributed by atoms with Crippen molar-refractivity contribution in [2.75, 3.05) is 4.90 Å². The largest absolute Gasteiger partial charge is 0.444 e. The van der Waals surface area contributed by atoms with E-state index in [4.69, 9.17) is 4.74 Å². The highest BCUT2D eigenvalue weighted by Gasteiger charge is 2.42. The van der Waals surface area contributed by atoms with Gasteiger partial charge in [-0.1, -0.05) is 0 Å². The summed E-state index contributed by atoms with van der Waals surface area (Å²) in [6.45, 7) is 5.65. The van der Waals surface area contributed by atoms with Gasteiger partial charge in [-0.3, -0.25) is 4.98 Å². The van der Waals surface area contributed by atoms with E-state index in [0.717, 1.165) is 31.5 Å². The molecule has 2 unspecified atom stereocenters. The maximum absolute atomic E-state index is 11.9. The topological polar surface area (TPSA) is 67.3 Å². The van der Waals surface area contributed by atoms with Crippen molar-refractivity contribution in [2.24, 2.45) is 0 Å². The molecular formula is C16H24N4O2. The molecule has 0 aromatic carbocycles. The molecule has 2 aliphatic rings. The standard InChI is InChI=1S/C16H24N4O2/c1-16(2,3)22-15(21)19-11-8-12-4-5-13(9-11)20(12)14-10-17-6-7-18-14/h6-7,10-13H,4-5,8-9H2,1-3H3,(H,19,21). The van der Waals surface area contributed by atoms with Gasteiger partial charge in [-0.2, -0.15) is 0 Å². The second-order valence-corrected chi connectivity index (χ2v) is 7.17. The molecule has 6 nitrogen and oxygen atoms in total. The van der Waals surface area contributed by atoms with Crippen molar-refractivity contribution in [2.45, 2.75) is 70.2 Å². The minimum absolute atomic E-state index is 0.181. The van der Waals surface area contributed by atoms with Crippen LogP contribution in [-0.4, -0.2) is 39.8 Å². The molecule has 120 valence electrons. The summed E-state index contributed by atoms with van der Waals surface area (Å²) in [4.78, 5) is 22.9. The molecule has 22 heavy (non-hydrogen) atoms. The molecule has 2 aliphatic heterocycles. The van der Waals surface area contributed by atoms with Crippen LogP contribution in [0.25, 0.3) is 0 Å². The summed E-state index contributed by atoms with van der Waals surface area (Å²) in [5, 5.41) is 3.02. The average molecular weight is 304 g/mol. The average Bonchev–Trinajstić information content (AvgIpc) is 2.69. The Morgan fingerprint density at radius 3 is 2.50 bits per heavy atom. The van der Waals surface area contributed by atoms with Crippen molar-refractivity contribution in [3.63, 3.8) is 0 Å². The van der Waals surface area contributed by atoms with E-state index < -0.39 is 5.60 Å². The second kappa shape index (κ2) is 5.74. The van der Waals surface area contributed by atoms with E-state index in [1.165, 1.54) is 0 Å². The lowest BCUT2D eigenvalue weighted by Crippen LogP contribution is -2.51. The normalized spacial score (nSPS) is 27.6. The number of carbonyl (C=O) groups excluding carboxylic acids is 1. The molecule has 1 aromatic rings. The Bertz CT molecular complexity index is 515. The molecule has 3 rings (SSSR count). The SMILES string of the molecule is CC(C)(C)OC(=O)NC1CC2CCC(C1)N2c1cnccn1. The van der Waals surface area contributed by atoms with Gasteiger partial charge in [-0.05, 0) is 46.5 Å². The highest BCUT2D eigenvalue weighted by molar-refractivity contribution is 5.68. The molecule has 2 atom stereocenters. The lowest BCUT2D eigenvalue weighted by atomic mass is 9.97. The minimum atomic E-state index is -0.455. The van der Waals surface area contributed by atoms with Crippen LogP contribution in [0, 0.1) is 0 Å². The zero-order valence-corrected chi connectivity index (χ0v) is 13.5. The molecule has 2 fully saturated rings. The highest BCUT2D eigenvalue weighted by atomic mass is 16.6. The number of ether oxygens (including phenoxy) is 1. The Labute approximate surface area is 131 Å². The fourth-order valence-corrected chi connectivity index (χ4v) is 3.57. The fourth-order valence-electron chi connectivity index (χ4n) is 3.57. The van der Waals surface area contributed by atoms with Crippen LogP contribution in [0.5, 0.6) is 0 Å². The van der Waals surface area contributed by atoms with E-state index in [-0.39, 0.29) is 12.1 Å². The zero-order chi connectivity index (χ0) is 15.7. The van der Waals surface area contributed by atoms with Crippen LogP contribution in [0.15, 0.2) is 18.6 Å². The van der Waals surface area contributed by atoms with E-state index >= 15 is 0 Å². The van der Waals surface area contributed by atoms with E-state index in [0.29, 0.717) is 12.1 Å². The summed E-state index contributed by atoms with van der Waals surface area (Å²) < 4.78 is 5.36. The second-order valence-electron chi connectivity index (χ2n) is 7.17. The summed E-state index contributed by atoms with van der Waals surface area (Å²) in [5.41, 5.74) is -0.455. The smallest absolute Gasteiger partial charge is 0.407 e. The molecule has 3 heterocycles. The summed E-state index contributed by atoms with van der Waals surface area (Å²) in [7, 11) is 0. The Balaban J connectivity index is 1.62. The number of piperidine rings is 1. The van der Waals surface area contributed by atoms with Crippen molar-refractivity contribution < 1.29 is 9.53 Å². The number of carbonyl (C=O) groups is 1. The maximum Gasteiger partial charge on any atom is 0.407 e. The van der Waals surface area contributed by atoms with Gasteiger partial charge in [0.1, 0.15) is 11.4 Å². The van der Waals surface area contributed by atoms with Crippen LogP contribution in [0.2, 0.25) is 0 Å². The van der Waals surface area contributed by atoms with Gasteiger partial charge in [0.15, 0.2) is 0 Å². The number of fused-ring (bicyclic) bond motifs is 2. The number of rotatable bonds is 2. The predicted molar refractivity (Wildman–Crippen MR) is 83.7 cm³/mol. The first kappa shape index (κ1) is 15.1. The van der Waals surface area contributed by atoms with E-state index in [2.05, 4.69) is 20.2 Å². The molecule has 2 bridgehead atoms. The summed E-state index contributed by atoms with van der Waals surface area (Å²) >= 11 is 0. The highest BCUT2D eigenvalue weighted by Crippen LogP contribution is 2.38. The summed E-state index contributed by atoms with van der Waals surface area (Å²) in [6, 6.07) is 1.03. The van der Waals surface area contributed by atoms with Gasteiger partial charge < -0.3 is 15.0 Å². The quantitative estimate of drug-likeness (QED) is 0.909. The number of amides is 1. The molecule has 0 radical (unpaired) electrons. The third-order valence-corrected chi connectivity index (χ3v) is 4.27. The number of nitrogens with zero attached hydrogens (tertiary/aromatic N) is 3. The number of hydrogen-bond acceptors (Lipinski definition) is 5. The third-order valence-electron chi connectivity index (χ3n) is 4.27. The number of hydrogen-bond donors (Lipinski definition) is 1. The Morgan fingerprint density at radius 2 is 1.95 bits per heavy atom. The number of nitrogens with one attached hydrogen (secondary N) is 1. The van der Waals surface area contributed by atoms with Gasteiger partial charge in [0.25, 0.3) is 0 Å². The van der Waals surface area contributed by atoms with Crippen molar-refractivity contribution in [3.05, 3.63) is 18.6 Å². The van der Waals surface area contributed by atoms with E-state index in [9.17, 15) is 4.79 Å². The van der Waals surface area contributed by atoms with Crippen molar-refractivity contribution in [1.29, 1.82) is 0 Å². The Kier molecular flexibility index (Phi) is 3.93. The van der Waals surface area contributed by atoms with Gasteiger partial charge in [0.2, 0.25) is 0 Å². The van der Waals surface area contributed by atoms with Gasteiger partial charge in [-0.15, -0.1) is 0 Å². The summed E-state index contributed by atoms with van der Waals surface area (Å²) in [6.07, 6.45) is 9.11. The molecule has 6 heteroatoms. The van der Waals surface area contributed by atoms with Crippen LogP contribution in [0.3, 0.4) is 0 Å². The molecule has 1 N–H and O–H groups in total. The first-order valence-electron chi connectivity index (χ1n) is 7.96. The van der Waals surface area contributed by atoms with Crippen LogP contribution >= 0.6 is 0 Å². The van der Waals surface area contributed by atoms with Crippen LogP contribution in [0.1, 0.15) is 46.5 Å². The first-order chi connectivity index (χ1) is 10.4. The number of aromatic nitrogens is 2. The van der Waals surface area contributed by atoms with Crippen LogP contribution in [-0.2, 0) is 4.74 Å². The molecular weight excluding hydrogens is 280 g/mol. The molecule has 0 aliphatic carbocycles. The fraction of sp³-hybridized carbons (Fsp3) is 0.688. The van der Waals surface area contributed by atoms with Gasteiger partial charge >= 0.3 is 6.09 Å². The van der Waals surface area contributed by atoms with Crippen LogP contribution < -0.4 is 10.2 Å². The molecule has 0 spiro atoms. The minimum Gasteiger partial charge on any atom is -0.444 e. The third kappa shape index (κ3) is 3.31. The van der Waals surface area contributed by atoms with Gasteiger partial charge in [0, 0.05) is 30.5 Å². The summed E-state index contributed by atoms with van der Waals surface area (Å²) in [5.74, 6) is 0.950. The van der Waals surface area contributed by atoms with Crippen molar-refractivity contribution in [1.82, 2.24) is 15.3 Å². The Morgan fingerprint density at radius 1 is 1.27 bits per heavy atom. The maximum atomic E-state index is 11.9. The van der Waals surface area contributed by atoms with Crippen molar-refractivity contribution in [3.8, 4) is 0 Å². The van der Waals surface area contributed by atoms with Crippen LogP contribution in [0.4, 0.5) is 10.6 Å². The van der Waals surface area contributed by atoms with Gasteiger partial charge in [0.05, 0.1) is 6.20 Å². The van der Waals surface area contributed by atoms with Crippen molar-refractivity contribution >= 4 is 11.9 Å². The first-order valence-corrected chi connectivity index (χ1v) is 7.96. The van der Waals surface area contributed by atoms with Gasteiger partial charge in [-0.25, -0.2) is 9.78 Å². The monoisotopic (exact) mass is 304 g/mol. The van der Waals surface area contributed by atoms with E-state index in [1.807, 2.05) is 27.0 Å². The lowest BCUT2D eigenvalue weighted by Gasteiger charge is -2.39. The number of alkyl carbamates (subject to hydrolysis) is 1. The molecule has 1 aromatic heterocycles. The Hall–Kier alpha value is -1.85.